The summed E-state index contributed by atoms with van der Waals surface area (Å²) in [5, 5.41) is 9.21. The molecule has 0 aromatic heterocycles. The Morgan fingerprint density at radius 1 is 1.00 bits per heavy atom. The molecule has 1 amide bonds. The van der Waals surface area contributed by atoms with Crippen molar-refractivity contribution in [1.82, 2.24) is 16.0 Å². The van der Waals surface area contributed by atoms with E-state index in [1.165, 1.54) is 12.1 Å². The van der Waals surface area contributed by atoms with E-state index in [-0.39, 0.29) is 11.7 Å². The van der Waals surface area contributed by atoms with Crippen LogP contribution in [-0.4, -0.2) is 60.8 Å². The lowest BCUT2D eigenvalue weighted by atomic mass is 10.0. The summed E-state index contributed by atoms with van der Waals surface area (Å²) in [6.07, 6.45) is 3.02. The molecule has 1 rings (SSSR count). The van der Waals surface area contributed by atoms with Crippen molar-refractivity contribution >= 4 is 16.4 Å². The number of hydrogen-bond acceptors (Lipinski definition) is 7. The number of carbonyl (C=O) groups excluding carboxylic acids is 1. The van der Waals surface area contributed by atoms with Gasteiger partial charge >= 0.3 is 10.5 Å². The summed E-state index contributed by atoms with van der Waals surface area (Å²) >= 11 is 0. The summed E-state index contributed by atoms with van der Waals surface area (Å²) in [7, 11) is -1.55. The molecule has 0 saturated carbocycles. The number of nitrogens with one attached hydrogen (secondary N) is 3. The van der Waals surface area contributed by atoms with Crippen molar-refractivity contribution in [2.45, 2.75) is 59.4 Å². The van der Waals surface area contributed by atoms with E-state index < -0.39 is 16.5 Å². The zero-order chi connectivity index (χ0) is 24.8. The number of benzene rings is 1. The molecule has 0 aliphatic heterocycles. The van der Waals surface area contributed by atoms with Crippen LogP contribution in [0.15, 0.2) is 24.3 Å². The molecule has 1 atom stereocenters. The highest BCUT2D eigenvalue weighted by Crippen LogP contribution is 2.16. The van der Waals surface area contributed by atoms with E-state index in [1.807, 2.05) is 34.7 Å². The molecule has 1 unspecified atom stereocenters. The standard InChI is InChI=1S/C18H30FN3O5S.2C2H6/c1-20-10-3-4-11-22-18(23)17(21-12-5-13-26-2)14-15-6-8-16(9-7-15)27-28(19,24)25;2*1-2/h6-9,17,20-21H,3-5,10-14H2,1-2H3,(H,22,23);2*1-2H3. The first kappa shape index (κ1) is 32.4. The monoisotopic (exact) mass is 479 g/mol. The number of methoxy groups -OCH3 is 1. The number of ether oxygens (including phenoxy) is 1. The minimum atomic E-state index is -5.05. The minimum absolute atomic E-state index is 0.103. The molecule has 0 aliphatic carbocycles. The molecule has 0 radical (unpaired) electrons. The van der Waals surface area contributed by atoms with Gasteiger partial charge in [-0.3, -0.25) is 4.79 Å². The molecule has 8 nitrogen and oxygen atoms in total. The van der Waals surface area contributed by atoms with Gasteiger partial charge in [-0.2, -0.15) is 8.42 Å². The second-order valence-corrected chi connectivity index (χ2v) is 7.23. The van der Waals surface area contributed by atoms with Crippen LogP contribution in [0.4, 0.5) is 3.89 Å². The van der Waals surface area contributed by atoms with Gasteiger partial charge in [0.15, 0.2) is 0 Å². The summed E-state index contributed by atoms with van der Waals surface area (Å²) in [6, 6.07) is 5.46. The van der Waals surface area contributed by atoms with E-state index in [4.69, 9.17) is 4.74 Å². The van der Waals surface area contributed by atoms with E-state index in [0.717, 1.165) is 31.4 Å². The van der Waals surface area contributed by atoms with Gasteiger partial charge < -0.3 is 24.9 Å². The van der Waals surface area contributed by atoms with Crippen LogP contribution in [0.1, 0.15) is 52.5 Å². The minimum Gasteiger partial charge on any atom is -0.385 e. The maximum absolute atomic E-state index is 12.6. The van der Waals surface area contributed by atoms with Crippen molar-refractivity contribution in [2.75, 3.05) is 40.4 Å². The van der Waals surface area contributed by atoms with Gasteiger partial charge in [-0.25, -0.2) is 0 Å². The van der Waals surface area contributed by atoms with Crippen LogP contribution in [0.2, 0.25) is 0 Å². The van der Waals surface area contributed by atoms with Gasteiger partial charge in [0.2, 0.25) is 5.91 Å². The van der Waals surface area contributed by atoms with E-state index in [0.29, 0.717) is 26.1 Å². The summed E-state index contributed by atoms with van der Waals surface area (Å²) < 4.78 is 42.8. The lowest BCUT2D eigenvalue weighted by molar-refractivity contribution is -0.123. The van der Waals surface area contributed by atoms with Crippen molar-refractivity contribution in [2.24, 2.45) is 0 Å². The van der Waals surface area contributed by atoms with Crippen LogP contribution in [0.25, 0.3) is 0 Å². The topological polar surface area (TPSA) is 106 Å². The molecule has 0 fully saturated rings. The molecule has 0 saturated heterocycles. The Hall–Kier alpha value is -1.75. The number of rotatable bonds is 15. The second-order valence-electron chi connectivity index (χ2n) is 6.28. The van der Waals surface area contributed by atoms with Crippen molar-refractivity contribution in [3.8, 4) is 5.75 Å². The van der Waals surface area contributed by atoms with Gasteiger partial charge in [0.05, 0.1) is 6.04 Å². The number of carbonyl (C=O) groups is 1. The third kappa shape index (κ3) is 17.9. The van der Waals surface area contributed by atoms with Crippen LogP contribution >= 0.6 is 0 Å². The first-order valence-electron chi connectivity index (χ1n) is 11.2. The number of halogens is 1. The number of hydrogen-bond donors (Lipinski definition) is 3. The number of amides is 1. The first-order chi connectivity index (χ1) is 15.4. The quantitative estimate of drug-likeness (QED) is 0.262. The van der Waals surface area contributed by atoms with Crippen molar-refractivity contribution in [1.29, 1.82) is 0 Å². The predicted molar refractivity (Wildman–Crippen MR) is 128 cm³/mol. The van der Waals surface area contributed by atoms with Gasteiger partial charge in [-0.1, -0.05) is 43.7 Å². The maximum Gasteiger partial charge on any atom is 0.488 e. The van der Waals surface area contributed by atoms with E-state index >= 15 is 0 Å². The Morgan fingerprint density at radius 3 is 2.12 bits per heavy atom. The van der Waals surface area contributed by atoms with E-state index in [9.17, 15) is 17.1 Å². The predicted octanol–water partition coefficient (Wildman–Crippen LogP) is 2.99. The largest absolute Gasteiger partial charge is 0.488 e. The normalized spacial score (nSPS) is 11.3. The molecule has 1 aromatic rings. The van der Waals surface area contributed by atoms with E-state index in [1.54, 1.807) is 19.2 Å². The molecule has 0 aliphatic rings. The Balaban J connectivity index is 0. The highest BCUT2D eigenvalue weighted by atomic mass is 32.3. The zero-order valence-electron chi connectivity index (χ0n) is 20.4. The Kier molecular flexibility index (Phi) is 21.4. The fourth-order valence-electron chi connectivity index (χ4n) is 2.54. The molecule has 10 heteroatoms. The average Bonchev–Trinajstić information content (AvgIpc) is 2.78. The smallest absolute Gasteiger partial charge is 0.385 e. The number of unbranched alkanes of at least 4 members (excludes halogenated alkanes) is 1. The fourth-order valence-corrected chi connectivity index (χ4v) is 2.88. The first-order valence-corrected chi connectivity index (χ1v) is 12.5. The molecule has 1 aromatic carbocycles. The fraction of sp³-hybridized carbons (Fsp3) is 0.682. The molecule has 0 heterocycles. The molecule has 0 spiro atoms. The molecule has 188 valence electrons. The van der Waals surface area contributed by atoms with Crippen LogP contribution in [-0.2, 0) is 26.5 Å². The third-order valence-electron chi connectivity index (χ3n) is 3.94. The van der Waals surface area contributed by atoms with Crippen LogP contribution in [0.3, 0.4) is 0 Å². The molecular weight excluding hydrogens is 437 g/mol. The van der Waals surface area contributed by atoms with Crippen molar-refractivity contribution < 1.29 is 26.0 Å². The summed E-state index contributed by atoms with van der Waals surface area (Å²) in [5.74, 6) is -0.224. The van der Waals surface area contributed by atoms with Gasteiger partial charge in [-0.05, 0) is 63.5 Å². The Morgan fingerprint density at radius 2 is 1.59 bits per heavy atom. The van der Waals surface area contributed by atoms with Crippen LogP contribution in [0, 0.1) is 0 Å². The summed E-state index contributed by atoms with van der Waals surface area (Å²) in [6.45, 7) is 10.7. The van der Waals surface area contributed by atoms with Gasteiger partial charge in [-0.15, -0.1) is 0 Å². The lowest BCUT2D eigenvalue weighted by Crippen LogP contribution is -2.46. The Labute approximate surface area is 194 Å². The summed E-state index contributed by atoms with van der Waals surface area (Å²) in [4.78, 5) is 12.5. The zero-order valence-corrected chi connectivity index (χ0v) is 21.2. The highest BCUT2D eigenvalue weighted by Gasteiger charge is 2.18. The van der Waals surface area contributed by atoms with Crippen molar-refractivity contribution in [3.05, 3.63) is 29.8 Å². The molecular formula is C22H42FN3O5S. The van der Waals surface area contributed by atoms with E-state index in [2.05, 4.69) is 20.1 Å². The molecule has 0 bridgehead atoms. The van der Waals surface area contributed by atoms with Gasteiger partial charge in [0, 0.05) is 20.3 Å². The SMILES string of the molecule is CC.CC.CNCCCCNC(=O)C(Cc1ccc(OS(=O)(=O)F)cc1)NCCCOC. The average molecular weight is 480 g/mol. The third-order valence-corrected chi connectivity index (χ3v) is 4.34. The highest BCUT2D eigenvalue weighted by molar-refractivity contribution is 7.81. The molecule has 3 N–H and O–H groups in total. The summed E-state index contributed by atoms with van der Waals surface area (Å²) in [5.41, 5.74) is 0.790. The van der Waals surface area contributed by atoms with Crippen LogP contribution < -0.4 is 20.1 Å². The lowest BCUT2D eigenvalue weighted by Gasteiger charge is -2.19. The van der Waals surface area contributed by atoms with Crippen molar-refractivity contribution in [3.63, 3.8) is 0 Å². The molecule has 32 heavy (non-hydrogen) atoms. The maximum atomic E-state index is 12.6. The second kappa shape index (κ2) is 21.1. The van der Waals surface area contributed by atoms with Gasteiger partial charge in [0.1, 0.15) is 5.75 Å². The van der Waals surface area contributed by atoms with Gasteiger partial charge in [0.25, 0.3) is 0 Å². The van der Waals surface area contributed by atoms with Crippen LogP contribution in [0.5, 0.6) is 5.75 Å². The Bertz CT molecular complexity index is 673.